The fourth-order valence-corrected chi connectivity index (χ4v) is 3.00. The summed E-state index contributed by atoms with van der Waals surface area (Å²) in [5.41, 5.74) is 7.05. The van der Waals surface area contributed by atoms with Crippen LogP contribution in [-0.4, -0.2) is 15.0 Å². The molecule has 0 aliphatic heterocycles. The van der Waals surface area contributed by atoms with Gasteiger partial charge in [-0.1, -0.05) is 23.7 Å². The molecule has 20 heavy (non-hydrogen) atoms. The highest BCUT2D eigenvalue weighted by Gasteiger charge is 2.12. The van der Waals surface area contributed by atoms with E-state index in [4.69, 9.17) is 17.3 Å². The Balaban J connectivity index is 1.98. The molecule has 0 spiro atoms. The number of sulfonamides is 1. The summed E-state index contributed by atoms with van der Waals surface area (Å²) in [7, 11) is -3.50. The van der Waals surface area contributed by atoms with Gasteiger partial charge in [-0.05, 0) is 48.4 Å². The second-order valence-electron chi connectivity index (χ2n) is 4.35. The molecule has 0 heterocycles. The van der Waals surface area contributed by atoms with E-state index >= 15 is 0 Å². The van der Waals surface area contributed by atoms with Gasteiger partial charge in [0.2, 0.25) is 10.0 Å². The summed E-state index contributed by atoms with van der Waals surface area (Å²) >= 11 is 5.87. The van der Waals surface area contributed by atoms with E-state index in [9.17, 15) is 8.42 Å². The van der Waals surface area contributed by atoms with Crippen molar-refractivity contribution in [2.75, 3.05) is 12.3 Å². The van der Waals surface area contributed by atoms with Gasteiger partial charge in [0.05, 0.1) is 4.90 Å². The van der Waals surface area contributed by atoms with Crippen LogP contribution >= 0.6 is 11.6 Å². The van der Waals surface area contributed by atoms with Gasteiger partial charge in [-0.2, -0.15) is 0 Å². The van der Waals surface area contributed by atoms with Gasteiger partial charge in [-0.25, -0.2) is 13.1 Å². The topological polar surface area (TPSA) is 72.2 Å². The van der Waals surface area contributed by atoms with Gasteiger partial charge in [0.25, 0.3) is 0 Å². The van der Waals surface area contributed by atoms with Gasteiger partial charge in [-0.3, -0.25) is 0 Å². The summed E-state index contributed by atoms with van der Waals surface area (Å²) in [6.07, 6.45) is 0.578. The SMILES string of the molecule is Nc1ccc(S(=O)(=O)NCCc2cccc(Cl)c2)cc1. The second kappa shape index (κ2) is 6.26. The molecular formula is C14H15ClN2O2S. The van der Waals surface area contributed by atoms with Crippen molar-refractivity contribution in [3.8, 4) is 0 Å². The number of hydrogen-bond acceptors (Lipinski definition) is 3. The van der Waals surface area contributed by atoms with Crippen LogP contribution in [0.15, 0.2) is 53.4 Å². The fourth-order valence-electron chi connectivity index (χ4n) is 1.75. The first-order chi connectivity index (χ1) is 9.47. The largest absolute Gasteiger partial charge is 0.399 e. The summed E-state index contributed by atoms with van der Waals surface area (Å²) in [6.45, 7) is 0.313. The summed E-state index contributed by atoms with van der Waals surface area (Å²) in [6, 6.07) is 13.4. The van der Waals surface area contributed by atoms with Gasteiger partial charge in [-0.15, -0.1) is 0 Å². The normalized spacial score (nSPS) is 11.4. The standard InChI is InChI=1S/C14H15ClN2O2S/c15-12-3-1-2-11(10-12)8-9-17-20(18,19)14-6-4-13(16)5-7-14/h1-7,10,17H,8-9,16H2. The minimum atomic E-state index is -3.50. The minimum Gasteiger partial charge on any atom is -0.399 e. The van der Waals surface area contributed by atoms with Crippen LogP contribution in [0.25, 0.3) is 0 Å². The molecule has 2 aromatic rings. The van der Waals surface area contributed by atoms with E-state index in [1.54, 1.807) is 18.2 Å². The quantitative estimate of drug-likeness (QED) is 0.833. The molecule has 0 aliphatic carbocycles. The third-order valence-corrected chi connectivity index (χ3v) is 4.50. The van der Waals surface area contributed by atoms with Crippen molar-refractivity contribution in [2.45, 2.75) is 11.3 Å². The van der Waals surface area contributed by atoms with E-state index in [2.05, 4.69) is 4.72 Å². The lowest BCUT2D eigenvalue weighted by Crippen LogP contribution is -2.26. The summed E-state index contributed by atoms with van der Waals surface area (Å²) < 4.78 is 26.6. The van der Waals surface area contributed by atoms with E-state index in [0.717, 1.165) is 5.56 Å². The molecule has 6 heteroatoms. The number of halogens is 1. The Labute approximate surface area is 123 Å². The fraction of sp³-hybridized carbons (Fsp3) is 0.143. The van der Waals surface area contributed by atoms with E-state index in [-0.39, 0.29) is 4.90 Å². The van der Waals surface area contributed by atoms with E-state index < -0.39 is 10.0 Å². The zero-order valence-electron chi connectivity index (χ0n) is 10.7. The van der Waals surface area contributed by atoms with Gasteiger partial charge in [0, 0.05) is 17.3 Å². The molecule has 4 nitrogen and oxygen atoms in total. The molecule has 0 aromatic heterocycles. The highest BCUT2D eigenvalue weighted by Crippen LogP contribution is 2.13. The van der Waals surface area contributed by atoms with Crippen molar-refractivity contribution in [1.82, 2.24) is 4.72 Å². The average Bonchev–Trinajstić information content (AvgIpc) is 2.39. The maximum absolute atomic E-state index is 12.0. The molecule has 0 aliphatic rings. The number of anilines is 1. The smallest absolute Gasteiger partial charge is 0.240 e. The molecule has 106 valence electrons. The van der Waals surface area contributed by atoms with Crippen LogP contribution in [0.2, 0.25) is 5.02 Å². The monoisotopic (exact) mass is 310 g/mol. The first kappa shape index (κ1) is 14.8. The van der Waals surface area contributed by atoms with Crippen molar-refractivity contribution >= 4 is 27.3 Å². The van der Waals surface area contributed by atoms with Gasteiger partial charge in [0.1, 0.15) is 0 Å². The van der Waals surface area contributed by atoms with Crippen LogP contribution in [0.3, 0.4) is 0 Å². The molecular weight excluding hydrogens is 296 g/mol. The molecule has 0 bridgehead atoms. The Morgan fingerprint density at radius 3 is 2.45 bits per heavy atom. The van der Waals surface area contributed by atoms with Crippen LogP contribution in [0.4, 0.5) is 5.69 Å². The first-order valence-corrected chi connectivity index (χ1v) is 7.93. The van der Waals surface area contributed by atoms with Crippen molar-refractivity contribution < 1.29 is 8.42 Å². The Morgan fingerprint density at radius 2 is 1.80 bits per heavy atom. The average molecular weight is 311 g/mol. The predicted molar refractivity (Wildman–Crippen MR) is 81.2 cm³/mol. The number of nitrogens with two attached hydrogens (primary N) is 1. The number of benzene rings is 2. The van der Waals surface area contributed by atoms with E-state index in [1.165, 1.54) is 12.1 Å². The minimum absolute atomic E-state index is 0.206. The highest BCUT2D eigenvalue weighted by atomic mass is 35.5. The van der Waals surface area contributed by atoms with Crippen molar-refractivity contribution in [3.05, 3.63) is 59.1 Å². The predicted octanol–water partition coefficient (Wildman–Crippen LogP) is 2.44. The lowest BCUT2D eigenvalue weighted by Gasteiger charge is -2.07. The zero-order chi connectivity index (χ0) is 14.6. The molecule has 0 amide bonds. The maximum Gasteiger partial charge on any atom is 0.240 e. The second-order valence-corrected chi connectivity index (χ2v) is 6.55. The third kappa shape index (κ3) is 3.96. The molecule has 0 saturated carbocycles. The van der Waals surface area contributed by atoms with Crippen molar-refractivity contribution in [3.63, 3.8) is 0 Å². The Kier molecular flexibility index (Phi) is 4.65. The Bertz CT molecular complexity index is 685. The number of nitrogen functional groups attached to an aromatic ring is 1. The molecule has 0 unspecified atom stereocenters. The number of nitrogens with one attached hydrogen (secondary N) is 1. The maximum atomic E-state index is 12.0. The molecule has 0 radical (unpaired) electrons. The molecule has 2 aromatic carbocycles. The summed E-state index contributed by atoms with van der Waals surface area (Å²) in [5, 5.41) is 0.642. The van der Waals surface area contributed by atoms with Crippen molar-refractivity contribution in [2.24, 2.45) is 0 Å². The first-order valence-electron chi connectivity index (χ1n) is 6.07. The lowest BCUT2D eigenvalue weighted by molar-refractivity contribution is 0.581. The zero-order valence-corrected chi connectivity index (χ0v) is 12.3. The highest BCUT2D eigenvalue weighted by molar-refractivity contribution is 7.89. The summed E-state index contributed by atoms with van der Waals surface area (Å²) in [4.78, 5) is 0.206. The van der Waals surface area contributed by atoms with Crippen LogP contribution in [0, 0.1) is 0 Å². The van der Waals surface area contributed by atoms with Crippen LogP contribution in [0.5, 0.6) is 0 Å². The van der Waals surface area contributed by atoms with Gasteiger partial charge in [0.15, 0.2) is 0 Å². The van der Waals surface area contributed by atoms with Crippen LogP contribution in [0.1, 0.15) is 5.56 Å². The Morgan fingerprint density at radius 1 is 1.10 bits per heavy atom. The number of rotatable bonds is 5. The van der Waals surface area contributed by atoms with Gasteiger partial charge < -0.3 is 5.73 Å². The van der Waals surface area contributed by atoms with Crippen molar-refractivity contribution in [1.29, 1.82) is 0 Å². The third-order valence-electron chi connectivity index (χ3n) is 2.79. The van der Waals surface area contributed by atoms with Crippen LogP contribution in [-0.2, 0) is 16.4 Å². The molecule has 0 saturated heterocycles. The summed E-state index contributed by atoms with van der Waals surface area (Å²) in [5.74, 6) is 0. The van der Waals surface area contributed by atoms with Crippen LogP contribution < -0.4 is 10.5 Å². The molecule has 2 rings (SSSR count). The molecule has 3 N–H and O–H groups in total. The molecule has 0 fully saturated rings. The van der Waals surface area contributed by atoms with E-state index in [0.29, 0.717) is 23.7 Å². The lowest BCUT2D eigenvalue weighted by atomic mass is 10.2. The van der Waals surface area contributed by atoms with E-state index in [1.807, 2.05) is 18.2 Å². The molecule has 0 atom stereocenters. The number of hydrogen-bond donors (Lipinski definition) is 2. The Hall–Kier alpha value is -1.56. The van der Waals surface area contributed by atoms with Gasteiger partial charge >= 0.3 is 0 Å².